The van der Waals surface area contributed by atoms with Crippen LogP contribution in [0.15, 0.2) is 67.0 Å². The Morgan fingerprint density at radius 2 is 2.03 bits per heavy atom. The number of carbonyl (C=O) groups is 1. The van der Waals surface area contributed by atoms with Crippen LogP contribution < -0.4 is 15.2 Å². The third kappa shape index (κ3) is 4.85. The fourth-order valence-corrected chi connectivity index (χ4v) is 4.72. The topological polar surface area (TPSA) is 111 Å². The molecule has 38 heavy (non-hydrogen) atoms. The maximum Gasteiger partial charge on any atom is 0.219 e. The Bertz CT molecular complexity index is 1690. The molecular formula is C28H25ClN6O2S. The SMILES string of the molecule is C/C=C/c1cc2cc(C(=O)c3cnn(-c4cnc(Oc5ccccc5Cl)cc4C)c3N)[nH]c2cc1NSC. The number of fused-ring (bicyclic) bond motifs is 1. The van der Waals surface area contributed by atoms with Gasteiger partial charge in [-0.15, -0.1) is 0 Å². The Kier molecular flexibility index (Phi) is 7.13. The van der Waals surface area contributed by atoms with Crippen molar-refractivity contribution in [1.29, 1.82) is 0 Å². The van der Waals surface area contributed by atoms with Crippen molar-refractivity contribution in [3.05, 3.63) is 94.4 Å². The number of halogens is 1. The average molecular weight is 545 g/mol. The molecule has 10 heteroatoms. The molecule has 0 radical (unpaired) electrons. The van der Waals surface area contributed by atoms with Crippen LogP contribution in [0.3, 0.4) is 0 Å². The van der Waals surface area contributed by atoms with E-state index >= 15 is 0 Å². The number of nitrogens with two attached hydrogens (primary N) is 1. The number of hydrogen-bond donors (Lipinski definition) is 3. The lowest BCUT2D eigenvalue weighted by Crippen LogP contribution is -2.09. The number of benzene rings is 2. The summed E-state index contributed by atoms with van der Waals surface area (Å²) in [6.07, 6.45) is 9.04. The largest absolute Gasteiger partial charge is 0.437 e. The number of hydrogen-bond acceptors (Lipinski definition) is 7. The van der Waals surface area contributed by atoms with Crippen LogP contribution in [0.1, 0.15) is 34.1 Å². The minimum absolute atomic E-state index is 0.220. The summed E-state index contributed by atoms with van der Waals surface area (Å²) in [7, 11) is 0. The highest BCUT2D eigenvalue weighted by atomic mass is 35.5. The van der Waals surface area contributed by atoms with Gasteiger partial charge in [-0.1, -0.05) is 47.8 Å². The smallest absolute Gasteiger partial charge is 0.219 e. The number of nitrogen functional groups attached to an aromatic ring is 1. The molecule has 5 rings (SSSR count). The van der Waals surface area contributed by atoms with Gasteiger partial charge in [0.15, 0.2) is 0 Å². The molecule has 192 valence electrons. The molecule has 4 N–H and O–H groups in total. The summed E-state index contributed by atoms with van der Waals surface area (Å²) in [6.45, 7) is 3.86. The minimum Gasteiger partial charge on any atom is -0.437 e. The van der Waals surface area contributed by atoms with Crippen LogP contribution in [0, 0.1) is 6.92 Å². The zero-order valence-corrected chi connectivity index (χ0v) is 22.5. The van der Waals surface area contributed by atoms with E-state index in [9.17, 15) is 4.79 Å². The molecule has 5 aromatic rings. The predicted octanol–water partition coefficient (Wildman–Crippen LogP) is 7.04. The van der Waals surface area contributed by atoms with Gasteiger partial charge < -0.3 is 20.2 Å². The molecule has 0 aliphatic heterocycles. The second-order valence-corrected chi connectivity index (χ2v) is 9.56. The van der Waals surface area contributed by atoms with Crippen molar-refractivity contribution in [2.45, 2.75) is 13.8 Å². The van der Waals surface area contributed by atoms with Crippen LogP contribution in [0.5, 0.6) is 11.6 Å². The van der Waals surface area contributed by atoms with Gasteiger partial charge >= 0.3 is 0 Å². The van der Waals surface area contributed by atoms with E-state index in [-0.39, 0.29) is 11.6 Å². The standard InChI is InChI=1S/C28H25ClN6O2S/c1-4-7-17-11-18-12-23(33-21(18)13-22(17)34-38-3)27(36)19-14-32-35(28(19)30)24-15-31-26(10-16(24)2)37-25-9-6-5-8-20(25)29/h4-15,33-34H,30H2,1-3H3/b7-4+. The molecule has 0 amide bonds. The van der Waals surface area contributed by atoms with Crippen LogP contribution in [0.2, 0.25) is 5.02 Å². The fourth-order valence-electron chi connectivity index (χ4n) is 4.15. The second-order valence-electron chi connectivity index (χ2n) is 8.54. The molecule has 0 saturated carbocycles. The first-order chi connectivity index (χ1) is 18.4. The first kappa shape index (κ1) is 25.4. The Hall–Kier alpha value is -4.21. The molecule has 0 atom stereocenters. The molecule has 0 unspecified atom stereocenters. The van der Waals surface area contributed by atoms with Crippen molar-refractivity contribution in [3.63, 3.8) is 0 Å². The highest BCUT2D eigenvalue weighted by Crippen LogP contribution is 2.31. The number of carbonyl (C=O) groups excluding carboxylic acids is 1. The van der Waals surface area contributed by atoms with Crippen molar-refractivity contribution in [1.82, 2.24) is 19.7 Å². The number of ether oxygens (including phenoxy) is 1. The summed E-state index contributed by atoms with van der Waals surface area (Å²) < 4.78 is 10.6. The molecule has 0 bridgehead atoms. The number of rotatable bonds is 8. The third-order valence-electron chi connectivity index (χ3n) is 5.98. The molecule has 8 nitrogen and oxygen atoms in total. The van der Waals surface area contributed by atoms with E-state index in [0.717, 1.165) is 27.7 Å². The van der Waals surface area contributed by atoms with E-state index in [1.807, 2.05) is 62.6 Å². The molecule has 0 saturated heterocycles. The average Bonchev–Trinajstić information content (AvgIpc) is 3.49. The molecular weight excluding hydrogens is 520 g/mol. The lowest BCUT2D eigenvalue weighted by molar-refractivity contribution is 0.103. The van der Waals surface area contributed by atoms with Gasteiger partial charge in [0.25, 0.3) is 0 Å². The van der Waals surface area contributed by atoms with Crippen LogP contribution in [0.4, 0.5) is 11.5 Å². The first-order valence-corrected chi connectivity index (χ1v) is 13.4. The number of pyridine rings is 1. The second kappa shape index (κ2) is 10.6. The quantitative estimate of drug-likeness (QED) is 0.142. The van der Waals surface area contributed by atoms with Crippen molar-refractivity contribution in [2.75, 3.05) is 16.7 Å². The monoisotopic (exact) mass is 544 g/mol. The number of nitrogens with zero attached hydrogens (tertiary/aromatic N) is 3. The summed E-state index contributed by atoms with van der Waals surface area (Å²) >= 11 is 7.70. The van der Waals surface area contributed by atoms with Crippen molar-refractivity contribution >= 4 is 57.8 Å². The van der Waals surface area contributed by atoms with Crippen LogP contribution >= 0.6 is 23.5 Å². The molecule has 2 aromatic carbocycles. The van der Waals surface area contributed by atoms with Crippen LogP contribution in [0.25, 0.3) is 22.7 Å². The van der Waals surface area contributed by atoms with E-state index in [1.54, 1.807) is 24.4 Å². The maximum atomic E-state index is 13.4. The lowest BCUT2D eigenvalue weighted by atomic mass is 10.1. The molecule has 0 fully saturated rings. The highest BCUT2D eigenvalue weighted by molar-refractivity contribution is 7.99. The van der Waals surface area contributed by atoms with E-state index in [1.165, 1.54) is 22.8 Å². The number of aromatic amines is 1. The molecule has 3 heterocycles. The van der Waals surface area contributed by atoms with Gasteiger partial charge in [-0.05, 0) is 55.3 Å². The van der Waals surface area contributed by atoms with Crippen molar-refractivity contribution in [3.8, 4) is 17.3 Å². The lowest BCUT2D eigenvalue weighted by Gasteiger charge is -2.11. The fraction of sp³-hybridized carbons (Fsp3) is 0.107. The summed E-state index contributed by atoms with van der Waals surface area (Å²) in [5, 5.41) is 5.80. The summed E-state index contributed by atoms with van der Waals surface area (Å²) in [6, 6.07) is 14.8. The Morgan fingerprint density at radius 1 is 1.21 bits per heavy atom. The maximum absolute atomic E-state index is 13.4. The van der Waals surface area contributed by atoms with E-state index in [0.29, 0.717) is 33.6 Å². The number of ketones is 1. The molecule has 3 aromatic heterocycles. The zero-order chi connectivity index (χ0) is 26.8. The third-order valence-corrected chi connectivity index (χ3v) is 6.72. The summed E-state index contributed by atoms with van der Waals surface area (Å²) in [4.78, 5) is 21.0. The van der Waals surface area contributed by atoms with Gasteiger partial charge in [-0.2, -0.15) is 5.10 Å². The number of aromatic nitrogens is 4. The summed E-state index contributed by atoms with van der Waals surface area (Å²) in [5.41, 5.74) is 11.4. The van der Waals surface area contributed by atoms with Gasteiger partial charge in [-0.25, -0.2) is 9.67 Å². The van der Waals surface area contributed by atoms with Gasteiger partial charge in [0.05, 0.1) is 40.0 Å². The zero-order valence-electron chi connectivity index (χ0n) is 20.9. The molecule has 0 aliphatic carbocycles. The normalized spacial score (nSPS) is 11.4. The van der Waals surface area contributed by atoms with Gasteiger partial charge in [0.2, 0.25) is 11.7 Å². The highest BCUT2D eigenvalue weighted by Gasteiger charge is 2.21. The number of H-pyrrole nitrogens is 1. The molecule has 0 aliphatic rings. The first-order valence-electron chi connectivity index (χ1n) is 11.8. The summed E-state index contributed by atoms with van der Waals surface area (Å²) in [5.74, 6) is 0.860. The number of nitrogens with one attached hydrogen (secondary N) is 2. The Balaban J connectivity index is 1.44. The predicted molar refractivity (Wildman–Crippen MR) is 156 cm³/mol. The van der Waals surface area contributed by atoms with Crippen LogP contribution in [-0.4, -0.2) is 31.8 Å². The number of allylic oxidation sites excluding steroid dienone is 1. The molecule has 0 spiro atoms. The van der Waals surface area contributed by atoms with Gasteiger partial charge in [0.1, 0.15) is 11.6 Å². The number of aryl methyl sites for hydroxylation is 1. The van der Waals surface area contributed by atoms with Crippen molar-refractivity contribution < 1.29 is 9.53 Å². The van der Waals surface area contributed by atoms with Crippen LogP contribution in [-0.2, 0) is 0 Å². The van der Waals surface area contributed by atoms with Gasteiger partial charge in [-0.3, -0.25) is 4.79 Å². The van der Waals surface area contributed by atoms with E-state index in [4.69, 9.17) is 22.1 Å². The van der Waals surface area contributed by atoms with E-state index in [2.05, 4.69) is 19.8 Å². The van der Waals surface area contributed by atoms with Crippen molar-refractivity contribution in [2.24, 2.45) is 0 Å². The minimum atomic E-state index is -0.249. The van der Waals surface area contributed by atoms with Gasteiger partial charge in [0, 0.05) is 23.2 Å². The van der Waals surface area contributed by atoms with E-state index < -0.39 is 0 Å². The number of para-hydroxylation sites is 1. The Labute approximate surface area is 229 Å². The number of anilines is 2. The Morgan fingerprint density at radius 3 is 2.76 bits per heavy atom.